The summed E-state index contributed by atoms with van der Waals surface area (Å²) in [4.78, 5) is 26.5. The Morgan fingerprint density at radius 1 is 1.11 bits per heavy atom. The molecule has 3 amide bonds. The van der Waals surface area contributed by atoms with Crippen molar-refractivity contribution in [1.29, 1.82) is 0 Å². The first kappa shape index (κ1) is 17.0. The minimum atomic E-state index is -0.530. The van der Waals surface area contributed by atoms with Gasteiger partial charge >= 0.3 is 6.03 Å². The molecule has 142 valence electrons. The average Bonchev–Trinajstić information content (AvgIpc) is 3.13. The first-order chi connectivity index (χ1) is 13.4. The number of fused-ring (bicyclic) bond motifs is 4. The van der Waals surface area contributed by atoms with Crippen LogP contribution in [0.4, 0.5) is 9.18 Å². The maximum Gasteiger partial charge on any atom is 0.325 e. The molecule has 5 rings (SSSR count). The highest BCUT2D eigenvalue weighted by atomic mass is 19.1. The number of benzene rings is 2. The van der Waals surface area contributed by atoms with Gasteiger partial charge in [0.1, 0.15) is 11.9 Å². The number of nitrogens with zero attached hydrogens (tertiary/aromatic N) is 2. The zero-order chi connectivity index (χ0) is 19.6. The fourth-order valence-corrected chi connectivity index (χ4v) is 4.88. The number of nitrogens with one attached hydrogen (secondary N) is 1. The maximum absolute atomic E-state index is 13.3. The Kier molecular flexibility index (Phi) is 3.44. The summed E-state index contributed by atoms with van der Waals surface area (Å²) in [6, 6.07) is 13.7. The molecule has 0 radical (unpaired) electrons. The van der Waals surface area contributed by atoms with Crippen LogP contribution >= 0.6 is 0 Å². The largest absolute Gasteiger partial charge is 0.338 e. The van der Waals surface area contributed by atoms with E-state index in [2.05, 4.69) is 22.0 Å². The van der Waals surface area contributed by atoms with Crippen molar-refractivity contribution in [2.24, 2.45) is 0 Å². The number of carbonyl (C=O) groups excluding carboxylic acids is 2. The molecule has 0 aliphatic carbocycles. The molecule has 0 bridgehead atoms. The first-order valence-corrected chi connectivity index (χ1v) is 9.34. The van der Waals surface area contributed by atoms with Gasteiger partial charge in [-0.15, -0.1) is 0 Å². The molecule has 5 nitrogen and oxygen atoms in total. The number of aromatic nitrogens is 1. The van der Waals surface area contributed by atoms with E-state index in [1.807, 2.05) is 26.0 Å². The Hall–Kier alpha value is -3.15. The maximum atomic E-state index is 13.3. The smallest absolute Gasteiger partial charge is 0.325 e. The van der Waals surface area contributed by atoms with E-state index >= 15 is 0 Å². The third-order valence-corrected chi connectivity index (χ3v) is 6.03. The van der Waals surface area contributed by atoms with Gasteiger partial charge in [-0.3, -0.25) is 10.1 Å². The normalized spacial score (nSPS) is 20.2. The van der Waals surface area contributed by atoms with Gasteiger partial charge in [0.15, 0.2) is 0 Å². The lowest BCUT2D eigenvalue weighted by molar-refractivity contribution is -0.123. The van der Waals surface area contributed by atoms with Crippen LogP contribution in [0.3, 0.4) is 0 Å². The average molecular weight is 377 g/mol. The van der Waals surface area contributed by atoms with Crippen LogP contribution in [0.2, 0.25) is 0 Å². The molecular weight excluding hydrogens is 357 g/mol. The zero-order valence-corrected chi connectivity index (χ0v) is 15.7. The van der Waals surface area contributed by atoms with Gasteiger partial charge < -0.3 is 9.47 Å². The molecule has 2 aliphatic rings. The number of rotatable bonds is 2. The molecule has 1 fully saturated rings. The highest BCUT2D eigenvalue weighted by Gasteiger charge is 2.53. The topological polar surface area (TPSA) is 54.3 Å². The van der Waals surface area contributed by atoms with E-state index in [9.17, 15) is 14.0 Å². The molecule has 28 heavy (non-hydrogen) atoms. The lowest BCUT2D eigenvalue weighted by atomic mass is 9.73. The van der Waals surface area contributed by atoms with E-state index in [1.54, 1.807) is 17.0 Å². The van der Waals surface area contributed by atoms with Gasteiger partial charge in [0.05, 0.1) is 6.54 Å². The molecule has 1 N–H and O–H groups in total. The van der Waals surface area contributed by atoms with Gasteiger partial charge in [-0.2, -0.15) is 0 Å². The molecule has 2 aromatic carbocycles. The van der Waals surface area contributed by atoms with Crippen LogP contribution in [-0.2, 0) is 23.3 Å². The number of carbonyl (C=O) groups is 2. The van der Waals surface area contributed by atoms with Crippen molar-refractivity contribution in [1.82, 2.24) is 14.8 Å². The van der Waals surface area contributed by atoms with Crippen LogP contribution in [0.5, 0.6) is 0 Å². The Morgan fingerprint density at radius 3 is 2.57 bits per heavy atom. The number of imide groups is 1. The Morgan fingerprint density at radius 2 is 1.82 bits per heavy atom. The van der Waals surface area contributed by atoms with Gasteiger partial charge in [-0.1, -0.05) is 44.2 Å². The Bertz CT molecular complexity index is 1130. The van der Waals surface area contributed by atoms with E-state index < -0.39 is 11.5 Å². The number of hydrogen-bond donors (Lipinski definition) is 1. The second-order valence-corrected chi connectivity index (χ2v) is 8.10. The summed E-state index contributed by atoms with van der Waals surface area (Å²) in [6.45, 7) is 4.99. The predicted molar refractivity (Wildman–Crippen MR) is 103 cm³/mol. The van der Waals surface area contributed by atoms with Gasteiger partial charge in [-0.05, 0) is 29.3 Å². The highest BCUT2D eigenvalue weighted by Crippen LogP contribution is 2.45. The minimum absolute atomic E-state index is 0.240. The molecule has 1 aromatic heterocycles. The summed E-state index contributed by atoms with van der Waals surface area (Å²) in [7, 11) is 0. The van der Waals surface area contributed by atoms with Crippen LogP contribution < -0.4 is 5.32 Å². The zero-order valence-electron chi connectivity index (χ0n) is 15.7. The standard InChI is InChI=1S/C22H20FN3O2/c1-22(2)18-15-5-3-4-6-16(15)25(11-13-7-9-14(23)10-8-13)17(18)12-26-19(22)20(27)24-21(26)28/h3-10,19H,11-12H2,1-2H3,(H,24,27,28)/t19-/m1/s1. The lowest BCUT2D eigenvalue weighted by Gasteiger charge is -2.41. The molecule has 0 unspecified atom stereocenters. The molecular formula is C22H20FN3O2. The molecule has 0 saturated carbocycles. The molecule has 3 heterocycles. The van der Waals surface area contributed by atoms with Crippen molar-refractivity contribution in [3.05, 3.63) is 71.2 Å². The summed E-state index contributed by atoms with van der Waals surface area (Å²) < 4.78 is 15.5. The highest BCUT2D eigenvalue weighted by molar-refractivity contribution is 6.06. The summed E-state index contributed by atoms with van der Waals surface area (Å²) in [5.74, 6) is -0.504. The number of para-hydroxylation sites is 1. The van der Waals surface area contributed by atoms with Crippen LogP contribution in [0, 0.1) is 5.82 Å². The summed E-state index contributed by atoms with van der Waals surface area (Å²) in [5, 5.41) is 3.55. The monoisotopic (exact) mass is 377 g/mol. The first-order valence-electron chi connectivity index (χ1n) is 9.34. The van der Waals surface area contributed by atoms with Crippen molar-refractivity contribution in [2.45, 2.75) is 38.4 Å². The third-order valence-electron chi connectivity index (χ3n) is 6.03. The Balaban J connectivity index is 1.74. The van der Waals surface area contributed by atoms with E-state index in [0.717, 1.165) is 27.7 Å². The number of urea groups is 1. The molecule has 1 atom stereocenters. The molecule has 2 aliphatic heterocycles. The molecule has 3 aromatic rings. The second-order valence-electron chi connectivity index (χ2n) is 8.10. The number of halogens is 1. The summed E-state index contributed by atoms with van der Waals surface area (Å²) in [5.41, 5.74) is 3.64. The Labute approximate surface area is 161 Å². The third kappa shape index (κ3) is 2.24. The van der Waals surface area contributed by atoms with Gasteiger partial charge in [0, 0.05) is 28.6 Å². The lowest BCUT2D eigenvalue weighted by Crippen LogP contribution is -2.52. The fourth-order valence-electron chi connectivity index (χ4n) is 4.88. The van der Waals surface area contributed by atoms with Crippen LogP contribution in [0.15, 0.2) is 48.5 Å². The summed E-state index contributed by atoms with van der Waals surface area (Å²) in [6.07, 6.45) is 0. The van der Waals surface area contributed by atoms with Crippen LogP contribution in [-0.4, -0.2) is 27.4 Å². The SMILES string of the molecule is CC1(C)c2c(n(Cc3ccc(F)cc3)c3ccccc23)CN2C(=O)NC(=O)[C@@H]21. The van der Waals surface area contributed by atoms with E-state index in [0.29, 0.717) is 13.1 Å². The minimum Gasteiger partial charge on any atom is -0.338 e. The van der Waals surface area contributed by atoms with Gasteiger partial charge in [0.25, 0.3) is 5.91 Å². The summed E-state index contributed by atoms with van der Waals surface area (Å²) >= 11 is 0. The van der Waals surface area contributed by atoms with Crippen molar-refractivity contribution in [3.63, 3.8) is 0 Å². The van der Waals surface area contributed by atoms with Crippen molar-refractivity contribution < 1.29 is 14.0 Å². The fraction of sp³-hybridized carbons (Fsp3) is 0.273. The molecule has 1 saturated heterocycles. The van der Waals surface area contributed by atoms with Gasteiger partial charge in [0.2, 0.25) is 0 Å². The van der Waals surface area contributed by atoms with E-state index in [4.69, 9.17) is 0 Å². The van der Waals surface area contributed by atoms with E-state index in [1.165, 1.54) is 12.1 Å². The van der Waals surface area contributed by atoms with Crippen LogP contribution in [0.1, 0.15) is 30.7 Å². The quantitative estimate of drug-likeness (QED) is 0.695. The second kappa shape index (κ2) is 5.67. The van der Waals surface area contributed by atoms with Crippen molar-refractivity contribution in [2.75, 3.05) is 0 Å². The number of amides is 3. The molecule has 6 heteroatoms. The van der Waals surface area contributed by atoms with Crippen molar-refractivity contribution >= 4 is 22.8 Å². The van der Waals surface area contributed by atoms with Gasteiger partial charge in [-0.25, -0.2) is 9.18 Å². The van der Waals surface area contributed by atoms with Crippen molar-refractivity contribution in [3.8, 4) is 0 Å². The van der Waals surface area contributed by atoms with E-state index in [-0.39, 0.29) is 17.8 Å². The molecule has 0 spiro atoms. The predicted octanol–water partition coefficient (Wildman–Crippen LogP) is 3.54. The van der Waals surface area contributed by atoms with Crippen LogP contribution in [0.25, 0.3) is 10.9 Å². The number of hydrogen-bond acceptors (Lipinski definition) is 2.